The van der Waals surface area contributed by atoms with Crippen LogP contribution < -0.4 is 4.90 Å². The van der Waals surface area contributed by atoms with Crippen molar-refractivity contribution in [1.82, 2.24) is 4.90 Å². The summed E-state index contributed by atoms with van der Waals surface area (Å²) in [6.07, 6.45) is 3.64. The van der Waals surface area contributed by atoms with Crippen LogP contribution in [0.25, 0.3) is 11.0 Å². The number of hydrogen-bond donors (Lipinski definition) is 0. The largest absolute Gasteiger partial charge is 0.467 e. The second-order valence-corrected chi connectivity index (χ2v) is 8.28. The van der Waals surface area contributed by atoms with Crippen LogP contribution in [0.1, 0.15) is 28.0 Å². The molecule has 0 fully saturated rings. The van der Waals surface area contributed by atoms with E-state index in [9.17, 15) is 4.79 Å². The number of amides is 1. The Kier molecular flexibility index (Phi) is 5.85. The van der Waals surface area contributed by atoms with Gasteiger partial charge in [-0.05, 0) is 60.9 Å². The highest BCUT2D eigenvalue weighted by molar-refractivity contribution is 5.90. The van der Waals surface area contributed by atoms with Crippen LogP contribution in [-0.2, 0) is 24.3 Å². The molecule has 0 saturated heterocycles. The van der Waals surface area contributed by atoms with Gasteiger partial charge in [0.05, 0.1) is 25.5 Å². The zero-order chi connectivity index (χ0) is 22.0. The van der Waals surface area contributed by atoms with Crippen LogP contribution in [0.15, 0.2) is 69.9 Å². The van der Waals surface area contributed by atoms with E-state index in [2.05, 4.69) is 42.2 Å². The summed E-state index contributed by atoms with van der Waals surface area (Å²) in [7, 11) is 4.03. The minimum Gasteiger partial charge on any atom is -0.467 e. The van der Waals surface area contributed by atoms with Crippen molar-refractivity contribution in [1.29, 1.82) is 0 Å². The first-order valence-electron chi connectivity index (χ1n) is 10.4. The highest BCUT2D eigenvalue weighted by Crippen LogP contribution is 2.27. The van der Waals surface area contributed by atoms with Crippen molar-refractivity contribution in [2.45, 2.75) is 33.4 Å². The van der Waals surface area contributed by atoms with Gasteiger partial charge in [0, 0.05) is 37.3 Å². The summed E-state index contributed by atoms with van der Waals surface area (Å²) < 4.78 is 11.3. The third-order valence-electron chi connectivity index (χ3n) is 5.54. The molecule has 0 N–H and O–H groups in total. The van der Waals surface area contributed by atoms with Gasteiger partial charge in [0.2, 0.25) is 5.91 Å². The Morgan fingerprint density at radius 3 is 2.42 bits per heavy atom. The molecule has 160 valence electrons. The van der Waals surface area contributed by atoms with Crippen molar-refractivity contribution in [3.8, 4) is 0 Å². The molecule has 31 heavy (non-hydrogen) atoms. The first kappa shape index (κ1) is 20.8. The zero-order valence-corrected chi connectivity index (χ0v) is 18.5. The second-order valence-electron chi connectivity index (χ2n) is 8.28. The maximum Gasteiger partial charge on any atom is 0.227 e. The fourth-order valence-corrected chi connectivity index (χ4v) is 3.97. The SMILES string of the molecule is Cc1cc(C)c2c(CC(=O)N(Cc3ccc(N(C)C)cc3)Cc3ccco3)coc2c1. The van der Waals surface area contributed by atoms with Gasteiger partial charge in [0.25, 0.3) is 0 Å². The van der Waals surface area contributed by atoms with Crippen molar-refractivity contribution in [3.05, 3.63) is 89.1 Å². The Hall–Kier alpha value is -3.47. The number of hydrogen-bond acceptors (Lipinski definition) is 4. The summed E-state index contributed by atoms with van der Waals surface area (Å²) in [4.78, 5) is 17.3. The number of carbonyl (C=O) groups is 1. The number of carbonyl (C=O) groups excluding carboxylic acids is 1. The van der Waals surface area contributed by atoms with Gasteiger partial charge in [0.1, 0.15) is 11.3 Å². The summed E-state index contributed by atoms with van der Waals surface area (Å²) in [6.45, 7) is 5.05. The molecule has 2 aromatic heterocycles. The second kappa shape index (κ2) is 8.72. The minimum absolute atomic E-state index is 0.0377. The number of rotatable bonds is 7. The Morgan fingerprint density at radius 1 is 0.968 bits per heavy atom. The summed E-state index contributed by atoms with van der Waals surface area (Å²) in [5.41, 5.74) is 6.24. The Labute approximate surface area is 182 Å². The molecule has 0 aliphatic rings. The lowest BCUT2D eigenvalue weighted by molar-refractivity contribution is -0.132. The number of benzene rings is 2. The third kappa shape index (κ3) is 4.66. The topological polar surface area (TPSA) is 49.8 Å². The van der Waals surface area contributed by atoms with Crippen molar-refractivity contribution in [2.24, 2.45) is 0 Å². The highest BCUT2D eigenvalue weighted by Gasteiger charge is 2.20. The number of furan rings is 2. The average Bonchev–Trinajstić information content (AvgIpc) is 3.38. The first-order valence-corrected chi connectivity index (χ1v) is 10.4. The molecular formula is C26H28N2O3. The van der Waals surface area contributed by atoms with Crippen LogP contribution in [-0.4, -0.2) is 24.9 Å². The van der Waals surface area contributed by atoms with Crippen LogP contribution in [0.3, 0.4) is 0 Å². The molecule has 1 amide bonds. The zero-order valence-electron chi connectivity index (χ0n) is 18.5. The molecule has 0 atom stereocenters. The molecule has 0 saturated carbocycles. The molecule has 0 aliphatic heterocycles. The molecule has 0 radical (unpaired) electrons. The van der Waals surface area contributed by atoms with Gasteiger partial charge < -0.3 is 18.6 Å². The molecule has 0 aliphatic carbocycles. The summed E-state index contributed by atoms with van der Waals surface area (Å²) in [6, 6.07) is 16.2. The van der Waals surface area contributed by atoms with E-state index in [1.165, 1.54) is 0 Å². The van der Waals surface area contributed by atoms with E-state index < -0.39 is 0 Å². The fourth-order valence-electron chi connectivity index (χ4n) is 3.97. The van der Waals surface area contributed by atoms with E-state index >= 15 is 0 Å². The van der Waals surface area contributed by atoms with Gasteiger partial charge in [-0.1, -0.05) is 18.2 Å². The summed E-state index contributed by atoms with van der Waals surface area (Å²) in [5.74, 6) is 0.804. The van der Waals surface area contributed by atoms with E-state index in [0.717, 1.165) is 44.7 Å². The van der Waals surface area contributed by atoms with Gasteiger partial charge in [-0.15, -0.1) is 0 Å². The summed E-state index contributed by atoms with van der Waals surface area (Å²) >= 11 is 0. The monoisotopic (exact) mass is 416 g/mol. The van der Waals surface area contributed by atoms with Gasteiger partial charge in [-0.25, -0.2) is 0 Å². The smallest absolute Gasteiger partial charge is 0.227 e. The van der Waals surface area contributed by atoms with E-state index in [1.807, 2.05) is 44.1 Å². The maximum absolute atomic E-state index is 13.4. The van der Waals surface area contributed by atoms with Crippen molar-refractivity contribution >= 4 is 22.6 Å². The predicted octanol–water partition coefficient (Wildman–Crippen LogP) is 5.48. The molecule has 0 bridgehead atoms. The molecule has 5 nitrogen and oxygen atoms in total. The van der Waals surface area contributed by atoms with E-state index in [4.69, 9.17) is 8.83 Å². The number of nitrogens with zero attached hydrogens (tertiary/aromatic N) is 2. The van der Waals surface area contributed by atoms with Crippen LogP contribution in [0, 0.1) is 13.8 Å². The summed E-state index contributed by atoms with van der Waals surface area (Å²) in [5, 5.41) is 1.03. The molecular weight excluding hydrogens is 388 g/mol. The maximum atomic E-state index is 13.4. The fraction of sp³-hybridized carbons (Fsp3) is 0.269. The molecule has 4 aromatic rings. The van der Waals surface area contributed by atoms with E-state index in [-0.39, 0.29) is 12.3 Å². The lowest BCUT2D eigenvalue weighted by Crippen LogP contribution is -2.31. The van der Waals surface area contributed by atoms with Crippen molar-refractivity contribution in [2.75, 3.05) is 19.0 Å². The number of fused-ring (bicyclic) bond motifs is 1. The Balaban J connectivity index is 1.58. The third-order valence-corrected chi connectivity index (χ3v) is 5.54. The minimum atomic E-state index is 0.0377. The number of aryl methyl sites for hydroxylation is 2. The van der Waals surface area contributed by atoms with Crippen molar-refractivity contribution < 1.29 is 13.6 Å². The quantitative estimate of drug-likeness (QED) is 0.400. The predicted molar refractivity (Wildman–Crippen MR) is 123 cm³/mol. The van der Waals surface area contributed by atoms with Gasteiger partial charge in [-0.3, -0.25) is 4.79 Å². The lowest BCUT2D eigenvalue weighted by atomic mass is 10.0. The van der Waals surface area contributed by atoms with Gasteiger partial charge >= 0.3 is 0 Å². The van der Waals surface area contributed by atoms with Gasteiger partial charge in [-0.2, -0.15) is 0 Å². The lowest BCUT2D eigenvalue weighted by Gasteiger charge is -2.22. The molecule has 2 heterocycles. The van der Waals surface area contributed by atoms with Crippen LogP contribution in [0.5, 0.6) is 0 Å². The Morgan fingerprint density at radius 2 is 1.74 bits per heavy atom. The van der Waals surface area contributed by atoms with Gasteiger partial charge in [0.15, 0.2) is 0 Å². The van der Waals surface area contributed by atoms with Crippen LogP contribution >= 0.6 is 0 Å². The first-order chi connectivity index (χ1) is 14.9. The van der Waals surface area contributed by atoms with E-state index in [0.29, 0.717) is 13.1 Å². The molecule has 2 aromatic carbocycles. The van der Waals surface area contributed by atoms with Crippen LogP contribution in [0.2, 0.25) is 0 Å². The van der Waals surface area contributed by atoms with E-state index in [1.54, 1.807) is 12.5 Å². The average molecular weight is 417 g/mol. The number of anilines is 1. The molecule has 0 spiro atoms. The normalized spacial score (nSPS) is 11.1. The van der Waals surface area contributed by atoms with Crippen LogP contribution in [0.4, 0.5) is 5.69 Å². The Bertz CT molecular complexity index is 1170. The molecule has 4 rings (SSSR count). The standard InChI is InChI=1S/C26H28N2O3/c1-18-12-19(2)26-21(17-31-24(26)13-18)14-25(29)28(16-23-6-5-11-30-23)15-20-7-9-22(10-8-20)27(3)4/h5-13,17H,14-16H2,1-4H3. The molecule has 5 heteroatoms. The highest BCUT2D eigenvalue weighted by atomic mass is 16.3. The van der Waals surface area contributed by atoms with Crippen molar-refractivity contribution in [3.63, 3.8) is 0 Å². The molecule has 0 unspecified atom stereocenters.